The van der Waals surface area contributed by atoms with E-state index in [1.807, 2.05) is 0 Å². The summed E-state index contributed by atoms with van der Waals surface area (Å²) in [5, 5.41) is 20.6. The standard InChI is InChI=1S/C24H36O4/c1-15(2)7-5-11-24(4)12-6-8-17-18(16(3)9-10-20(17)24)13-21(25)19-14-22(26)28-23(19)27/h10,14,16-18,21,23,25,27H,1,5-9,11-13H2,2-4H3/t16-,17+,18+,21+,23?,24-/m1/s1. The first-order valence-corrected chi connectivity index (χ1v) is 10.8. The zero-order valence-electron chi connectivity index (χ0n) is 17.6. The van der Waals surface area contributed by atoms with Crippen LogP contribution in [0.5, 0.6) is 0 Å². The van der Waals surface area contributed by atoms with Gasteiger partial charge in [0.15, 0.2) is 0 Å². The molecule has 28 heavy (non-hydrogen) atoms. The number of esters is 1. The van der Waals surface area contributed by atoms with Gasteiger partial charge in [-0.1, -0.05) is 37.5 Å². The molecule has 1 saturated carbocycles. The molecule has 0 spiro atoms. The number of ether oxygens (including phenoxy) is 1. The van der Waals surface area contributed by atoms with Crippen LogP contribution in [0.3, 0.4) is 0 Å². The number of aliphatic hydroxyl groups is 2. The van der Waals surface area contributed by atoms with Gasteiger partial charge in [-0.05, 0) is 75.0 Å². The van der Waals surface area contributed by atoms with Crippen molar-refractivity contribution in [3.63, 3.8) is 0 Å². The molecule has 2 aliphatic carbocycles. The number of hydrogen-bond acceptors (Lipinski definition) is 4. The number of fused-ring (bicyclic) bond motifs is 1. The summed E-state index contributed by atoms with van der Waals surface area (Å²) in [5.41, 5.74) is 3.40. The molecule has 156 valence electrons. The predicted molar refractivity (Wildman–Crippen MR) is 110 cm³/mol. The second kappa shape index (κ2) is 8.54. The minimum atomic E-state index is -1.30. The number of carbonyl (C=O) groups is 1. The molecule has 0 aromatic heterocycles. The molecule has 4 nitrogen and oxygen atoms in total. The molecular weight excluding hydrogens is 352 g/mol. The molecular formula is C24H36O4. The Labute approximate surface area is 169 Å². The van der Waals surface area contributed by atoms with Crippen LogP contribution >= 0.6 is 0 Å². The summed E-state index contributed by atoms with van der Waals surface area (Å²) in [4.78, 5) is 11.4. The monoisotopic (exact) mass is 388 g/mol. The van der Waals surface area contributed by atoms with Gasteiger partial charge in [-0.3, -0.25) is 0 Å². The number of carbonyl (C=O) groups excluding carboxylic acids is 1. The van der Waals surface area contributed by atoms with Gasteiger partial charge in [0.2, 0.25) is 6.29 Å². The van der Waals surface area contributed by atoms with Gasteiger partial charge in [0, 0.05) is 11.6 Å². The summed E-state index contributed by atoms with van der Waals surface area (Å²) in [6, 6.07) is 0. The Morgan fingerprint density at radius 2 is 2.21 bits per heavy atom. The van der Waals surface area contributed by atoms with E-state index in [9.17, 15) is 15.0 Å². The van der Waals surface area contributed by atoms with Crippen molar-refractivity contribution in [2.24, 2.45) is 23.2 Å². The zero-order chi connectivity index (χ0) is 20.5. The Hall–Kier alpha value is -1.39. The van der Waals surface area contributed by atoms with Crippen LogP contribution in [-0.2, 0) is 9.53 Å². The van der Waals surface area contributed by atoms with E-state index in [1.54, 1.807) is 5.57 Å². The third-order valence-electron chi connectivity index (χ3n) is 7.31. The van der Waals surface area contributed by atoms with Crippen molar-refractivity contribution in [2.45, 2.75) is 84.5 Å². The van der Waals surface area contributed by atoms with E-state index in [2.05, 4.69) is 33.4 Å². The molecule has 0 radical (unpaired) electrons. The number of rotatable bonds is 7. The third-order valence-corrected chi connectivity index (χ3v) is 7.31. The summed E-state index contributed by atoms with van der Waals surface area (Å²) in [7, 11) is 0. The molecule has 0 aromatic carbocycles. The molecule has 1 heterocycles. The van der Waals surface area contributed by atoms with Crippen LogP contribution in [0.4, 0.5) is 0 Å². The van der Waals surface area contributed by atoms with Crippen molar-refractivity contribution in [1.29, 1.82) is 0 Å². The SMILES string of the molecule is C=C(C)CCC[C@]1(C)CCC[C@@H]2C1=CC[C@@H](C)[C@@H]2C[C@H](O)C1=CC(=O)OC1O. The van der Waals surface area contributed by atoms with Crippen LogP contribution < -0.4 is 0 Å². The van der Waals surface area contributed by atoms with Gasteiger partial charge in [0.1, 0.15) is 0 Å². The van der Waals surface area contributed by atoms with Crippen molar-refractivity contribution in [1.82, 2.24) is 0 Å². The summed E-state index contributed by atoms with van der Waals surface area (Å²) >= 11 is 0. The maximum Gasteiger partial charge on any atom is 0.333 e. The van der Waals surface area contributed by atoms with E-state index in [0.29, 0.717) is 29.7 Å². The van der Waals surface area contributed by atoms with Gasteiger partial charge >= 0.3 is 5.97 Å². The molecule has 0 aromatic rings. The zero-order valence-corrected chi connectivity index (χ0v) is 17.6. The molecule has 3 rings (SSSR count). The molecule has 0 bridgehead atoms. The van der Waals surface area contributed by atoms with Crippen molar-refractivity contribution < 1.29 is 19.7 Å². The van der Waals surface area contributed by atoms with Gasteiger partial charge in [-0.2, -0.15) is 0 Å². The average Bonchev–Trinajstić information content (AvgIpc) is 2.95. The Balaban J connectivity index is 1.74. The lowest BCUT2D eigenvalue weighted by molar-refractivity contribution is -0.152. The highest BCUT2D eigenvalue weighted by Gasteiger charge is 2.44. The highest BCUT2D eigenvalue weighted by molar-refractivity contribution is 5.85. The lowest BCUT2D eigenvalue weighted by Crippen LogP contribution is -2.39. The first-order chi connectivity index (χ1) is 13.2. The van der Waals surface area contributed by atoms with Gasteiger partial charge in [-0.15, -0.1) is 6.58 Å². The molecule has 4 heteroatoms. The van der Waals surface area contributed by atoms with Crippen LogP contribution in [0.2, 0.25) is 0 Å². The maximum absolute atomic E-state index is 11.4. The number of allylic oxidation sites excluding steroid dienone is 3. The molecule has 1 aliphatic heterocycles. The maximum atomic E-state index is 11.4. The van der Waals surface area contributed by atoms with Crippen molar-refractivity contribution in [3.8, 4) is 0 Å². The second-order valence-corrected chi connectivity index (χ2v) is 9.59. The fourth-order valence-corrected chi connectivity index (χ4v) is 5.71. The lowest BCUT2D eigenvalue weighted by atomic mass is 9.56. The normalized spacial score (nSPS) is 36.2. The number of aliphatic hydroxyl groups excluding tert-OH is 2. The second-order valence-electron chi connectivity index (χ2n) is 9.59. The summed E-state index contributed by atoms with van der Waals surface area (Å²) < 4.78 is 4.76. The van der Waals surface area contributed by atoms with E-state index in [0.717, 1.165) is 12.8 Å². The van der Waals surface area contributed by atoms with E-state index in [4.69, 9.17) is 4.74 Å². The number of hydrogen-bond donors (Lipinski definition) is 2. The van der Waals surface area contributed by atoms with E-state index in [1.165, 1.54) is 43.8 Å². The van der Waals surface area contributed by atoms with Crippen LogP contribution in [0.1, 0.15) is 72.1 Å². The summed E-state index contributed by atoms with van der Waals surface area (Å²) in [6.07, 6.45) is 10.3. The largest absolute Gasteiger partial charge is 0.429 e. The van der Waals surface area contributed by atoms with E-state index >= 15 is 0 Å². The highest BCUT2D eigenvalue weighted by Crippen LogP contribution is 2.54. The molecule has 1 fully saturated rings. The third kappa shape index (κ3) is 4.44. The average molecular weight is 389 g/mol. The fourth-order valence-electron chi connectivity index (χ4n) is 5.71. The minimum absolute atomic E-state index is 0.243. The lowest BCUT2D eigenvalue weighted by Gasteiger charge is -2.49. The van der Waals surface area contributed by atoms with Crippen molar-refractivity contribution >= 4 is 5.97 Å². The fraction of sp³-hybridized carbons (Fsp3) is 0.708. The first-order valence-electron chi connectivity index (χ1n) is 10.8. The van der Waals surface area contributed by atoms with Crippen molar-refractivity contribution in [3.05, 3.63) is 35.5 Å². The Morgan fingerprint density at radius 1 is 1.46 bits per heavy atom. The summed E-state index contributed by atoms with van der Waals surface area (Å²) in [5.74, 6) is 0.760. The quantitative estimate of drug-likeness (QED) is 0.491. The van der Waals surface area contributed by atoms with E-state index in [-0.39, 0.29) is 5.41 Å². The van der Waals surface area contributed by atoms with E-state index < -0.39 is 18.4 Å². The Morgan fingerprint density at radius 3 is 2.86 bits per heavy atom. The van der Waals surface area contributed by atoms with Gasteiger partial charge < -0.3 is 14.9 Å². The van der Waals surface area contributed by atoms with Gasteiger partial charge in [-0.25, -0.2) is 4.79 Å². The minimum Gasteiger partial charge on any atom is -0.429 e. The molecule has 0 saturated heterocycles. The Kier molecular flexibility index (Phi) is 6.51. The molecule has 3 aliphatic rings. The van der Waals surface area contributed by atoms with Crippen LogP contribution in [0, 0.1) is 23.2 Å². The smallest absolute Gasteiger partial charge is 0.333 e. The molecule has 1 unspecified atom stereocenters. The molecule has 6 atom stereocenters. The molecule has 0 amide bonds. The topological polar surface area (TPSA) is 66.8 Å². The molecule has 2 N–H and O–H groups in total. The summed E-state index contributed by atoms with van der Waals surface area (Å²) in [6.45, 7) is 10.8. The highest BCUT2D eigenvalue weighted by atomic mass is 16.6. The van der Waals surface area contributed by atoms with Crippen molar-refractivity contribution in [2.75, 3.05) is 0 Å². The van der Waals surface area contributed by atoms with Gasteiger partial charge in [0.05, 0.1) is 6.10 Å². The first kappa shape index (κ1) is 21.3. The Bertz CT molecular complexity index is 676. The van der Waals surface area contributed by atoms with Crippen LogP contribution in [0.25, 0.3) is 0 Å². The van der Waals surface area contributed by atoms with Crippen LogP contribution in [0.15, 0.2) is 35.5 Å². The predicted octanol–water partition coefficient (Wildman–Crippen LogP) is 4.67. The van der Waals surface area contributed by atoms with Crippen LogP contribution in [-0.4, -0.2) is 28.6 Å². The van der Waals surface area contributed by atoms with Gasteiger partial charge in [0.25, 0.3) is 0 Å². The number of cyclic esters (lactones) is 1.